The average molecular weight is 332 g/mol. The van der Waals surface area contributed by atoms with E-state index in [0.717, 1.165) is 35.5 Å². The number of aromatic nitrogens is 1. The van der Waals surface area contributed by atoms with Crippen LogP contribution < -0.4 is 5.32 Å². The summed E-state index contributed by atoms with van der Waals surface area (Å²) in [4.78, 5) is 3.97. The lowest BCUT2D eigenvalue weighted by molar-refractivity contribution is 0.0319. The predicted octanol–water partition coefficient (Wildman–Crippen LogP) is 3.24. The van der Waals surface area contributed by atoms with Crippen molar-refractivity contribution >= 4 is 11.8 Å². The monoisotopic (exact) mass is 332 g/mol. The van der Waals surface area contributed by atoms with Crippen LogP contribution in [-0.2, 0) is 6.54 Å². The molecular formula is C18H21FN2OS. The van der Waals surface area contributed by atoms with Gasteiger partial charge in [0.15, 0.2) is 0 Å². The van der Waals surface area contributed by atoms with Crippen molar-refractivity contribution in [2.24, 2.45) is 0 Å². The number of benzene rings is 1. The largest absolute Gasteiger partial charge is 0.389 e. The van der Waals surface area contributed by atoms with Gasteiger partial charge < -0.3 is 10.4 Å². The van der Waals surface area contributed by atoms with E-state index in [1.165, 1.54) is 0 Å². The maximum Gasteiger partial charge on any atom is 0.128 e. The van der Waals surface area contributed by atoms with Gasteiger partial charge in [0.05, 0.1) is 5.60 Å². The Kier molecular flexibility index (Phi) is 5.30. The first kappa shape index (κ1) is 16.4. The number of nitrogens with zero attached hydrogens (tertiary/aromatic N) is 1. The van der Waals surface area contributed by atoms with Crippen LogP contribution in [0.3, 0.4) is 0 Å². The van der Waals surface area contributed by atoms with Gasteiger partial charge in [0.25, 0.3) is 0 Å². The lowest BCUT2D eigenvalue weighted by Crippen LogP contribution is -2.43. The van der Waals surface area contributed by atoms with Crippen LogP contribution >= 0.6 is 11.8 Å². The highest BCUT2D eigenvalue weighted by Gasteiger charge is 2.28. The van der Waals surface area contributed by atoms with Crippen molar-refractivity contribution < 1.29 is 9.50 Å². The zero-order valence-electron chi connectivity index (χ0n) is 13.0. The van der Waals surface area contributed by atoms with Gasteiger partial charge in [-0.3, -0.25) is 4.98 Å². The number of nitrogens with one attached hydrogen (secondary N) is 1. The van der Waals surface area contributed by atoms with Crippen molar-refractivity contribution in [2.45, 2.75) is 25.0 Å². The number of hydrogen-bond acceptors (Lipinski definition) is 4. The summed E-state index contributed by atoms with van der Waals surface area (Å²) in [5.74, 6) is 1.76. The molecule has 2 aromatic rings. The first-order valence-electron chi connectivity index (χ1n) is 7.86. The second-order valence-corrected chi connectivity index (χ2v) is 7.21. The molecule has 3 nitrogen and oxygen atoms in total. The van der Waals surface area contributed by atoms with Crippen LogP contribution in [0, 0.1) is 5.82 Å². The Labute approximate surface area is 140 Å². The Hall–Kier alpha value is -1.43. The molecule has 0 bridgehead atoms. The van der Waals surface area contributed by atoms with Gasteiger partial charge in [-0.1, -0.05) is 12.1 Å². The zero-order chi connectivity index (χ0) is 16.1. The number of hydrogen-bond donors (Lipinski definition) is 2. The fourth-order valence-electron chi connectivity index (χ4n) is 2.77. The van der Waals surface area contributed by atoms with Crippen molar-refractivity contribution in [3.8, 4) is 11.1 Å². The first-order valence-corrected chi connectivity index (χ1v) is 9.01. The minimum atomic E-state index is -0.640. The van der Waals surface area contributed by atoms with E-state index in [9.17, 15) is 9.50 Å². The van der Waals surface area contributed by atoms with E-state index in [2.05, 4.69) is 10.3 Å². The Morgan fingerprint density at radius 3 is 2.57 bits per heavy atom. The molecule has 122 valence electrons. The maximum atomic E-state index is 14.3. The number of pyridine rings is 1. The second-order valence-electron chi connectivity index (χ2n) is 5.98. The molecule has 1 saturated heterocycles. The fourth-order valence-corrected chi connectivity index (χ4v) is 4.03. The van der Waals surface area contributed by atoms with Crippen LogP contribution in [0.15, 0.2) is 42.7 Å². The molecule has 5 heteroatoms. The molecule has 1 aliphatic rings. The Morgan fingerprint density at radius 1 is 1.13 bits per heavy atom. The number of aliphatic hydroxyl groups is 1. The van der Waals surface area contributed by atoms with Gasteiger partial charge in [-0.25, -0.2) is 4.39 Å². The summed E-state index contributed by atoms with van der Waals surface area (Å²) in [6.45, 7) is 0.941. The SMILES string of the molecule is OC1(CNCc2ccc(-c3ccncc3)cc2F)CCSCC1. The Morgan fingerprint density at radius 2 is 1.87 bits per heavy atom. The average Bonchev–Trinajstić information content (AvgIpc) is 2.58. The highest BCUT2D eigenvalue weighted by atomic mass is 32.2. The van der Waals surface area contributed by atoms with Gasteiger partial charge >= 0.3 is 0 Å². The highest BCUT2D eigenvalue weighted by molar-refractivity contribution is 7.99. The molecule has 3 rings (SSSR count). The van der Waals surface area contributed by atoms with E-state index in [-0.39, 0.29) is 5.82 Å². The van der Waals surface area contributed by atoms with E-state index in [0.29, 0.717) is 18.7 Å². The van der Waals surface area contributed by atoms with Gasteiger partial charge in [-0.05, 0) is 53.7 Å². The lowest BCUT2D eigenvalue weighted by Gasteiger charge is -2.32. The molecule has 1 aromatic carbocycles. The molecule has 0 spiro atoms. The topological polar surface area (TPSA) is 45.1 Å². The molecule has 23 heavy (non-hydrogen) atoms. The Bertz CT molecular complexity index is 645. The molecule has 1 aromatic heterocycles. The molecule has 1 aliphatic heterocycles. The summed E-state index contributed by atoms with van der Waals surface area (Å²) in [6, 6.07) is 9.01. The van der Waals surface area contributed by atoms with Crippen LogP contribution in [0.4, 0.5) is 4.39 Å². The first-order chi connectivity index (χ1) is 11.2. The van der Waals surface area contributed by atoms with Gasteiger partial charge in [0.1, 0.15) is 5.82 Å². The quantitative estimate of drug-likeness (QED) is 0.882. The third-order valence-corrected chi connectivity index (χ3v) is 5.25. The van der Waals surface area contributed by atoms with Gasteiger partial charge in [0.2, 0.25) is 0 Å². The van der Waals surface area contributed by atoms with E-state index in [4.69, 9.17) is 0 Å². The molecule has 0 radical (unpaired) electrons. The van der Waals surface area contributed by atoms with Gasteiger partial charge in [0, 0.05) is 31.0 Å². The zero-order valence-corrected chi connectivity index (χ0v) is 13.8. The molecule has 0 amide bonds. The minimum Gasteiger partial charge on any atom is -0.389 e. The predicted molar refractivity (Wildman–Crippen MR) is 92.8 cm³/mol. The maximum absolute atomic E-state index is 14.3. The van der Waals surface area contributed by atoms with E-state index < -0.39 is 5.60 Å². The summed E-state index contributed by atoms with van der Waals surface area (Å²) in [6.07, 6.45) is 5.00. The van der Waals surface area contributed by atoms with Crippen LogP contribution in [0.25, 0.3) is 11.1 Å². The van der Waals surface area contributed by atoms with Gasteiger partial charge in [-0.2, -0.15) is 11.8 Å². The van der Waals surface area contributed by atoms with E-state index >= 15 is 0 Å². The van der Waals surface area contributed by atoms with Gasteiger partial charge in [-0.15, -0.1) is 0 Å². The van der Waals surface area contributed by atoms with Crippen molar-refractivity contribution in [3.63, 3.8) is 0 Å². The fraction of sp³-hybridized carbons (Fsp3) is 0.389. The van der Waals surface area contributed by atoms with Crippen LogP contribution in [0.1, 0.15) is 18.4 Å². The van der Waals surface area contributed by atoms with Crippen molar-refractivity contribution in [3.05, 3.63) is 54.1 Å². The Balaban J connectivity index is 1.60. The highest BCUT2D eigenvalue weighted by Crippen LogP contribution is 2.26. The van der Waals surface area contributed by atoms with Crippen molar-refractivity contribution in [1.29, 1.82) is 0 Å². The van der Waals surface area contributed by atoms with E-state index in [1.54, 1.807) is 24.5 Å². The third kappa shape index (κ3) is 4.31. The third-order valence-electron chi connectivity index (χ3n) is 4.26. The number of thioether (sulfide) groups is 1. The van der Waals surface area contributed by atoms with E-state index in [1.807, 2.05) is 30.0 Å². The number of rotatable bonds is 5. The molecule has 0 saturated carbocycles. The van der Waals surface area contributed by atoms with Crippen molar-refractivity contribution in [2.75, 3.05) is 18.1 Å². The standard InChI is InChI=1S/C18H21FN2OS/c19-17-11-15(14-3-7-20-8-4-14)1-2-16(17)12-21-13-18(22)5-9-23-10-6-18/h1-4,7-8,11,21-22H,5-6,9-10,12-13H2. The second kappa shape index (κ2) is 7.43. The van der Waals surface area contributed by atoms with Crippen LogP contribution in [-0.4, -0.2) is 33.7 Å². The summed E-state index contributed by atoms with van der Waals surface area (Å²) < 4.78 is 14.3. The molecule has 1 fully saturated rings. The molecule has 2 N–H and O–H groups in total. The molecule has 0 unspecified atom stereocenters. The summed E-state index contributed by atoms with van der Waals surface area (Å²) in [7, 11) is 0. The van der Waals surface area contributed by atoms with Crippen LogP contribution in [0.5, 0.6) is 0 Å². The van der Waals surface area contributed by atoms with Crippen LogP contribution in [0.2, 0.25) is 0 Å². The molecule has 0 atom stereocenters. The van der Waals surface area contributed by atoms with Crippen molar-refractivity contribution in [1.82, 2.24) is 10.3 Å². The summed E-state index contributed by atoms with van der Waals surface area (Å²) in [5, 5.41) is 13.6. The molecular weight excluding hydrogens is 311 g/mol. The molecule has 2 heterocycles. The minimum absolute atomic E-state index is 0.224. The molecule has 0 aliphatic carbocycles. The summed E-state index contributed by atoms with van der Waals surface area (Å²) >= 11 is 1.88. The normalized spacial score (nSPS) is 17.1. The smallest absolute Gasteiger partial charge is 0.128 e. The lowest BCUT2D eigenvalue weighted by atomic mass is 9.97. The summed E-state index contributed by atoms with van der Waals surface area (Å²) in [5.41, 5.74) is 1.78. The number of halogens is 1.